The zero-order valence-electron chi connectivity index (χ0n) is 57.3. The molecule has 560 valence electrons. The molecule has 0 radical (unpaired) electrons. The second-order valence-corrected chi connectivity index (χ2v) is 27.3. The number of aryl methyl sites for hydroxylation is 1. The number of thioether (sulfide) groups is 2. The Morgan fingerprint density at radius 2 is 1.31 bits per heavy atom. The Labute approximate surface area is 609 Å². The van der Waals surface area contributed by atoms with Gasteiger partial charge in [0.05, 0.1) is 117 Å². The van der Waals surface area contributed by atoms with E-state index in [4.69, 9.17) is 38.5 Å². The van der Waals surface area contributed by atoms with Crippen LogP contribution in [-0.2, 0) is 93.1 Å². The molecule has 0 spiro atoms. The number of nitrogens with zero attached hydrogens (tertiary/aromatic N) is 4. The summed E-state index contributed by atoms with van der Waals surface area (Å²) < 4.78 is 96.8. The molecule has 0 saturated carbocycles. The van der Waals surface area contributed by atoms with Crippen molar-refractivity contribution in [2.24, 2.45) is 0 Å². The Bertz CT molecular complexity index is 4590. The minimum absolute atomic E-state index is 0.0102. The quantitative estimate of drug-likeness (QED) is 0.0133. The number of morpholine rings is 1. The number of imide groups is 1. The van der Waals surface area contributed by atoms with Crippen molar-refractivity contribution < 1.29 is 104 Å². The Balaban J connectivity index is 0.564. The number of pyridine rings is 2. The lowest BCUT2D eigenvalue weighted by Crippen LogP contribution is -2.57. The molecule has 35 heteroatoms. The number of fused-ring (bicyclic) bond motifs is 5. The van der Waals surface area contributed by atoms with Crippen molar-refractivity contribution in [1.29, 1.82) is 0 Å². The maximum atomic E-state index is 16.1. The highest BCUT2D eigenvalue weighted by Crippen LogP contribution is 2.51. The summed E-state index contributed by atoms with van der Waals surface area (Å²) in [5, 5.41) is 35.2. The van der Waals surface area contributed by atoms with Gasteiger partial charge in [0.1, 0.15) is 25.4 Å². The number of rotatable bonds is 31. The number of amides is 9. The number of halogens is 4. The molecule has 1 fully saturated rings. The highest BCUT2D eigenvalue weighted by atomic mass is 32.2. The van der Waals surface area contributed by atoms with Crippen LogP contribution in [0.1, 0.15) is 82.1 Å². The average Bonchev–Trinajstić information content (AvgIpc) is 1.49. The molecule has 2 aromatic heterocycles. The van der Waals surface area contributed by atoms with Gasteiger partial charge in [-0.15, -0.1) is 0 Å². The highest BCUT2D eigenvalue weighted by Gasteiger charge is 2.48. The first-order chi connectivity index (χ1) is 50.7. The molecule has 11 rings (SSSR count). The summed E-state index contributed by atoms with van der Waals surface area (Å²) >= 11 is 1.81. The van der Waals surface area contributed by atoms with Crippen LogP contribution >= 0.6 is 23.5 Å². The molecule has 1 atom stereocenters. The Kier molecular flexibility index (Phi) is 24.0. The number of ether oxygens (including phenoxy) is 6. The number of aliphatic hydroxyl groups is 2. The van der Waals surface area contributed by atoms with Gasteiger partial charge >= 0.3 is 5.97 Å². The fraction of sp³-hybridized carbons (Fsp3) is 0.380. The van der Waals surface area contributed by atoms with Gasteiger partial charge in [0.25, 0.3) is 35.1 Å². The molecule has 6 aromatic rings. The van der Waals surface area contributed by atoms with E-state index in [1.54, 1.807) is 48.2 Å². The topological polar surface area (TPSA) is 380 Å². The Morgan fingerprint density at radius 1 is 0.708 bits per heavy atom. The lowest BCUT2D eigenvalue weighted by Gasteiger charge is -2.31. The van der Waals surface area contributed by atoms with E-state index < -0.39 is 138 Å². The molecular weight excluding hydrogens is 1440 g/mol. The normalized spacial score (nSPS) is 16.4. The van der Waals surface area contributed by atoms with Crippen LogP contribution < -0.4 is 47.1 Å². The number of aliphatic hydroxyl groups excluding tert-OH is 1. The van der Waals surface area contributed by atoms with Gasteiger partial charge in [-0.3, -0.25) is 47.9 Å². The molecule has 6 heterocycles. The van der Waals surface area contributed by atoms with Gasteiger partial charge in [0.2, 0.25) is 29.5 Å². The van der Waals surface area contributed by atoms with Crippen LogP contribution in [0.4, 0.5) is 28.9 Å². The van der Waals surface area contributed by atoms with E-state index in [1.807, 2.05) is 0 Å². The number of cyclic esters (lactones) is 1. The molecule has 29 nitrogen and oxygen atoms in total. The molecule has 1 aliphatic carbocycles. The second-order valence-electron chi connectivity index (χ2n) is 25.2. The maximum Gasteiger partial charge on any atom is 0.343 e. The lowest BCUT2D eigenvalue weighted by molar-refractivity contribution is -0.172. The first kappa shape index (κ1) is 77.0. The molecule has 9 amide bonds. The number of anilines is 2. The van der Waals surface area contributed by atoms with Gasteiger partial charge in [-0.05, 0) is 99.0 Å². The number of hydrogen-bond donors (Lipinski definition) is 8. The van der Waals surface area contributed by atoms with E-state index in [-0.39, 0.29) is 144 Å². The average molecular weight is 1510 g/mol. The van der Waals surface area contributed by atoms with Crippen molar-refractivity contribution in [2.45, 2.75) is 80.0 Å². The van der Waals surface area contributed by atoms with Crippen LogP contribution in [0.2, 0.25) is 0 Å². The minimum atomic E-state index is -3.38. The number of alkyl halides is 2. The fourth-order valence-electron chi connectivity index (χ4n) is 12.2. The molecule has 0 unspecified atom stereocenters. The summed E-state index contributed by atoms with van der Waals surface area (Å²) in [4.78, 5) is 152. The van der Waals surface area contributed by atoms with Gasteiger partial charge in [0.15, 0.2) is 23.0 Å². The predicted molar refractivity (Wildman–Crippen MR) is 371 cm³/mol. The van der Waals surface area contributed by atoms with Crippen molar-refractivity contribution in [3.05, 3.63) is 150 Å². The third-order valence-corrected chi connectivity index (χ3v) is 20.0. The summed E-state index contributed by atoms with van der Waals surface area (Å²) in [6.45, 7) is 2.26. The standard InChI is InChI=1S/C71H72F4N10O19S2/c1-4-70(98)46-31-51-58-44(35-84(51)64(93)45(46)36-104-68(70)97)57-56-43(15-16-71(57,74)75)49(13-14-50(56)81-58)80-53(88)33-79-67(96)69(2,3)82-54(89)34-77-52(87)32-78-55(90)37-102-26-25-100-23-24-101-27-28-103-59-47(72)29-40(30-48(59)73)85-65(94)60(105-41-9-5-38(6-10-41)62(91)76-17-20-86)61(66(85)95)106-42-11-7-39(8-12-42)63(92)83-18-21-99-22-19-83/h5-14,29-31,86,98H,4,15-28,32-37H2,1-3H3,(H,76,91)(H,77,87)(H,78,90)(H,79,96)(H,80,88)(H,82,89)/t70-/m0/s1. The third-order valence-electron chi connectivity index (χ3n) is 17.7. The van der Waals surface area contributed by atoms with E-state index in [0.717, 1.165) is 35.7 Å². The minimum Gasteiger partial charge on any atom is -0.485 e. The smallest absolute Gasteiger partial charge is 0.343 e. The van der Waals surface area contributed by atoms with Gasteiger partial charge in [-0.1, -0.05) is 30.4 Å². The first-order valence-corrected chi connectivity index (χ1v) is 35.1. The van der Waals surface area contributed by atoms with Gasteiger partial charge in [-0.25, -0.2) is 32.2 Å². The number of esters is 1. The monoisotopic (exact) mass is 1510 g/mol. The molecule has 106 heavy (non-hydrogen) atoms. The Hall–Kier alpha value is -10.1. The van der Waals surface area contributed by atoms with E-state index in [9.17, 15) is 57.8 Å². The third kappa shape index (κ3) is 16.9. The summed E-state index contributed by atoms with van der Waals surface area (Å²) in [5.74, 6) is -13.8. The van der Waals surface area contributed by atoms with Crippen molar-refractivity contribution in [1.82, 2.24) is 41.0 Å². The van der Waals surface area contributed by atoms with Crippen molar-refractivity contribution in [3.63, 3.8) is 0 Å². The number of aromatic nitrogens is 2. The number of nitrogens with one attached hydrogen (secondary N) is 6. The lowest BCUT2D eigenvalue weighted by atomic mass is 9.83. The van der Waals surface area contributed by atoms with E-state index in [0.29, 0.717) is 52.1 Å². The zero-order chi connectivity index (χ0) is 75.8. The molecule has 0 bridgehead atoms. The van der Waals surface area contributed by atoms with Gasteiger partial charge in [-0.2, -0.15) is 0 Å². The highest BCUT2D eigenvalue weighted by molar-refractivity contribution is 8.08. The van der Waals surface area contributed by atoms with Crippen LogP contribution in [-0.4, -0.2) is 195 Å². The molecule has 4 aliphatic heterocycles. The van der Waals surface area contributed by atoms with Crippen LogP contribution in [0.5, 0.6) is 5.75 Å². The summed E-state index contributed by atoms with van der Waals surface area (Å²) in [6, 6.07) is 18.4. The van der Waals surface area contributed by atoms with E-state index in [1.165, 1.54) is 48.7 Å². The summed E-state index contributed by atoms with van der Waals surface area (Å²) in [7, 11) is 0. The predicted octanol–water partition coefficient (Wildman–Crippen LogP) is 3.57. The van der Waals surface area contributed by atoms with Gasteiger partial charge < -0.3 is 80.0 Å². The second kappa shape index (κ2) is 33.1. The SMILES string of the molecule is CC[C@@]1(O)C(=O)OCc2c1cc1n(c2=O)Cc2c-1nc1ccc(NC(=O)CNC(=O)C(C)(C)NC(=O)CNC(=O)CNC(=O)COCCOCCOCCOc3c(F)cc(N4C(=O)C(Sc5ccc(C(=O)NCCO)cc5)=C(Sc5ccc(C(=O)N6CCOCC6)cc5)C4=O)cc3F)c3c1c2C(F)(F)CC3. The zero-order valence-corrected chi connectivity index (χ0v) is 58.9. The number of hydrogen-bond acceptors (Lipinski definition) is 22. The summed E-state index contributed by atoms with van der Waals surface area (Å²) in [5.41, 5.74) is -3.48. The molecular formula is C71H72F4N10O19S2. The van der Waals surface area contributed by atoms with Crippen molar-refractivity contribution >= 4 is 105 Å². The van der Waals surface area contributed by atoms with Crippen LogP contribution in [0, 0.1) is 11.6 Å². The Morgan fingerprint density at radius 3 is 1.95 bits per heavy atom. The van der Waals surface area contributed by atoms with Crippen LogP contribution in [0.25, 0.3) is 22.3 Å². The molecule has 5 aliphatic rings. The van der Waals surface area contributed by atoms with Crippen LogP contribution in [0.3, 0.4) is 0 Å². The number of carbonyl (C=O) groups is 10. The van der Waals surface area contributed by atoms with Gasteiger partial charge in [0, 0.05) is 86.9 Å². The van der Waals surface area contributed by atoms with E-state index in [2.05, 4.69) is 31.9 Å². The fourth-order valence-corrected chi connectivity index (χ4v) is 14.2. The number of carbonyl (C=O) groups excluding carboxylic acids is 10. The molecule has 1 saturated heterocycles. The van der Waals surface area contributed by atoms with Crippen molar-refractivity contribution in [2.75, 3.05) is 116 Å². The van der Waals surface area contributed by atoms with E-state index >= 15 is 17.6 Å². The van der Waals surface area contributed by atoms with Crippen LogP contribution in [0.15, 0.2) is 103 Å². The van der Waals surface area contributed by atoms with Crippen molar-refractivity contribution in [3.8, 4) is 17.1 Å². The first-order valence-electron chi connectivity index (χ1n) is 33.5. The molecule has 4 aromatic carbocycles. The summed E-state index contributed by atoms with van der Waals surface area (Å²) in [6.07, 6.45) is -0.939. The largest absolute Gasteiger partial charge is 0.485 e. The number of benzene rings is 4. The maximum absolute atomic E-state index is 16.1. The molecule has 8 N–H and O–H groups in total.